The van der Waals surface area contributed by atoms with Crippen molar-refractivity contribution in [2.45, 2.75) is 19.3 Å². The number of halogens is 2. The lowest BCUT2D eigenvalue weighted by molar-refractivity contribution is -0.385. The number of carbonyl (C=O) groups excluding carboxylic acids is 2. The predicted molar refractivity (Wildman–Crippen MR) is 110 cm³/mol. The minimum absolute atomic E-state index is 0.0165. The molecule has 0 aromatic heterocycles. The van der Waals surface area contributed by atoms with Crippen LogP contribution in [0.1, 0.15) is 28.8 Å². The summed E-state index contributed by atoms with van der Waals surface area (Å²) in [6, 6.07) is 10.4. The molecule has 158 valence electrons. The number of piperidine rings is 1. The lowest BCUT2D eigenvalue weighted by Crippen LogP contribution is -2.43. The Labute approximate surface area is 178 Å². The summed E-state index contributed by atoms with van der Waals surface area (Å²) in [6.45, 7) is 0.976. The number of nitro groups is 1. The molecular formula is C21H21ClFN3O4. The van der Waals surface area contributed by atoms with Gasteiger partial charge in [-0.3, -0.25) is 19.7 Å². The highest BCUT2D eigenvalue weighted by atomic mass is 35.5. The molecule has 1 aliphatic rings. The SMILES string of the molecule is O=C(NCCc1ccccc1F)C1CCN(C(=O)c2ccc(Cl)cc2[N+](=O)[O-])CC1. The van der Waals surface area contributed by atoms with Crippen LogP contribution in [-0.4, -0.2) is 41.3 Å². The summed E-state index contributed by atoms with van der Waals surface area (Å²) in [5.74, 6) is -1.13. The number of nitrogens with zero attached hydrogens (tertiary/aromatic N) is 2. The van der Waals surface area contributed by atoms with Gasteiger partial charge in [-0.25, -0.2) is 4.39 Å². The molecule has 7 nitrogen and oxygen atoms in total. The van der Waals surface area contributed by atoms with E-state index in [9.17, 15) is 24.1 Å². The van der Waals surface area contributed by atoms with E-state index < -0.39 is 10.8 Å². The van der Waals surface area contributed by atoms with Crippen molar-refractivity contribution in [2.75, 3.05) is 19.6 Å². The molecule has 1 N–H and O–H groups in total. The number of nitro benzene ring substituents is 1. The number of likely N-dealkylation sites (tertiary alicyclic amines) is 1. The second-order valence-electron chi connectivity index (χ2n) is 7.12. The Bertz CT molecular complexity index is 961. The van der Waals surface area contributed by atoms with Crippen molar-refractivity contribution in [1.82, 2.24) is 10.2 Å². The molecule has 2 amide bonds. The molecule has 0 radical (unpaired) electrons. The number of rotatable bonds is 6. The van der Waals surface area contributed by atoms with Gasteiger partial charge in [-0.2, -0.15) is 0 Å². The summed E-state index contributed by atoms with van der Waals surface area (Å²) in [7, 11) is 0. The average Bonchev–Trinajstić information content (AvgIpc) is 2.74. The minimum Gasteiger partial charge on any atom is -0.356 e. The Hall–Kier alpha value is -3.00. The Balaban J connectivity index is 1.52. The van der Waals surface area contributed by atoms with Gasteiger partial charge in [0.2, 0.25) is 5.91 Å². The van der Waals surface area contributed by atoms with Crippen molar-refractivity contribution in [1.29, 1.82) is 0 Å². The van der Waals surface area contributed by atoms with Gasteiger partial charge in [0.25, 0.3) is 11.6 Å². The Kier molecular flexibility index (Phi) is 6.99. The summed E-state index contributed by atoms with van der Waals surface area (Å²) in [6.07, 6.45) is 1.31. The van der Waals surface area contributed by atoms with E-state index >= 15 is 0 Å². The first kappa shape index (κ1) is 21.7. The van der Waals surface area contributed by atoms with Crippen molar-refractivity contribution in [3.63, 3.8) is 0 Å². The van der Waals surface area contributed by atoms with Crippen molar-refractivity contribution >= 4 is 29.1 Å². The molecule has 0 bridgehead atoms. The fourth-order valence-corrected chi connectivity index (χ4v) is 3.68. The fourth-order valence-electron chi connectivity index (χ4n) is 3.52. The number of carbonyl (C=O) groups is 2. The van der Waals surface area contributed by atoms with Crippen molar-refractivity contribution < 1.29 is 18.9 Å². The normalized spacial score (nSPS) is 14.4. The highest BCUT2D eigenvalue weighted by Gasteiger charge is 2.30. The molecule has 1 fully saturated rings. The predicted octanol–water partition coefficient (Wildman–Crippen LogP) is 3.60. The Morgan fingerprint density at radius 3 is 2.57 bits per heavy atom. The fraction of sp³-hybridized carbons (Fsp3) is 0.333. The molecule has 1 saturated heterocycles. The van der Waals surface area contributed by atoms with Crippen LogP contribution in [0.2, 0.25) is 5.02 Å². The van der Waals surface area contributed by atoms with Gasteiger partial charge in [0.05, 0.1) is 4.92 Å². The standard InChI is InChI=1S/C21H21ClFN3O4/c22-16-5-6-17(19(13-16)26(29)30)21(28)25-11-8-15(9-12-25)20(27)24-10-7-14-3-1-2-4-18(14)23/h1-6,13,15H,7-12H2,(H,24,27). The monoisotopic (exact) mass is 433 g/mol. The van der Waals surface area contributed by atoms with E-state index in [0.29, 0.717) is 44.5 Å². The first-order valence-electron chi connectivity index (χ1n) is 9.61. The van der Waals surface area contributed by atoms with Gasteiger partial charge in [-0.15, -0.1) is 0 Å². The maximum atomic E-state index is 13.6. The van der Waals surface area contributed by atoms with E-state index in [1.807, 2.05) is 0 Å². The van der Waals surface area contributed by atoms with E-state index in [1.54, 1.807) is 18.2 Å². The molecule has 0 saturated carbocycles. The summed E-state index contributed by atoms with van der Waals surface area (Å²) >= 11 is 5.80. The number of hydrogen-bond donors (Lipinski definition) is 1. The molecule has 0 atom stereocenters. The molecule has 2 aromatic rings. The smallest absolute Gasteiger partial charge is 0.283 e. The first-order chi connectivity index (χ1) is 14.4. The topological polar surface area (TPSA) is 92.6 Å². The van der Waals surface area contributed by atoms with E-state index in [0.717, 1.165) is 6.07 Å². The van der Waals surface area contributed by atoms with Crippen LogP contribution in [0, 0.1) is 21.8 Å². The highest BCUT2D eigenvalue weighted by Crippen LogP contribution is 2.26. The van der Waals surface area contributed by atoms with Crippen LogP contribution in [0.5, 0.6) is 0 Å². The molecule has 2 aromatic carbocycles. The van der Waals surface area contributed by atoms with Gasteiger partial charge in [-0.05, 0) is 43.0 Å². The average molecular weight is 434 g/mol. The van der Waals surface area contributed by atoms with Crippen molar-refractivity contribution in [3.8, 4) is 0 Å². The molecule has 1 aliphatic heterocycles. The zero-order valence-electron chi connectivity index (χ0n) is 16.1. The lowest BCUT2D eigenvalue weighted by atomic mass is 9.95. The van der Waals surface area contributed by atoms with E-state index in [4.69, 9.17) is 11.6 Å². The number of benzene rings is 2. The van der Waals surface area contributed by atoms with Gasteiger partial charge in [0.15, 0.2) is 0 Å². The van der Waals surface area contributed by atoms with E-state index in [2.05, 4.69) is 5.32 Å². The third-order valence-electron chi connectivity index (χ3n) is 5.19. The van der Waals surface area contributed by atoms with Crippen LogP contribution in [0.3, 0.4) is 0 Å². The van der Waals surface area contributed by atoms with Crippen LogP contribution in [0.4, 0.5) is 10.1 Å². The first-order valence-corrected chi connectivity index (χ1v) is 9.99. The summed E-state index contributed by atoms with van der Waals surface area (Å²) in [5.41, 5.74) is 0.195. The van der Waals surface area contributed by atoms with Crippen LogP contribution in [0.25, 0.3) is 0 Å². The second-order valence-corrected chi connectivity index (χ2v) is 7.55. The van der Waals surface area contributed by atoms with Crippen LogP contribution < -0.4 is 5.32 Å². The van der Waals surface area contributed by atoms with Gasteiger partial charge < -0.3 is 10.2 Å². The summed E-state index contributed by atoms with van der Waals surface area (Å²) < 4.78 is 13.6. The largest absolute Gasteiger partial charge is 0.356 e. The van der Waals surface area contributed by atoms with Crippen molar-refractivity contribution in [3.05, 3.63) is 74.5 Å². The zero-order chi connectivity index (χ0) is 21.7. The maximum Gasteiger partial charge on any atom is 0.283 e. The highest BCUT2D eigenvalue weighted by molar-refractivity contribution is 6.31. The Morgan fingerprint density at radius 2 is 1.90 bits per heavy atom. The molecule has 0 unspecified atom stereocenters. The molecule has 0 spiro atoms. The zero-order valence-corrected chi connectivity index (χ0v) is 16.9. The molecule has 3 rings (SSSR count). The maximum absolute atomic E-state index is 13.6. The second kappa shape index (κ2) is 9.67. The van der Waals surface area contributed by atoms with Crippen molar-refractivity contribution in [2.24, 2.45) is 5.92 Å². The number of hydrogen-bond acceptors (Lipinski definition) is 4. The molecular weight excluding hydrogens is 413 g/mol. The molecule has 1 heterocycles. The molecule has 9 heteroatoms. The minimum atomic E-state index is -0.630. The summed E-state index contributed by atoms with van der Waals surface area (Å²) in [4.78, 5) is 37.2. The molecule has 30 heavy (non-hydrogen) atoms. The summed E-state index contributed by atoms with van der Waals surface area (Å²) in [5, 5.41) is 14.2. The third kappa shape index (κ3) is 5.13. The van der Waals surface area contributed by atoms with Crippen LogP contribution in [0.15, 0.2) is 42.5 Å². The lowest BCUT2D eigenvalue weighted by Gasteiger charge is -2.31. The van der Waals surface area contributed by atoms with Gasteiger partial charge in [0.1, 0.15) is 11.4 Å². The van der Waals surface area contributed by atoms with Crippen LogP contribution >= 0.6 is 11.6 Å². The van der Waals surface area contributed by atoms with Gasteiger partial charge in [0, 0.05) is 36.6 Å². The van der Waals surface area contributed by atoms with Gasteiger partial charge in [-0.1, -0.05) is 29.8 Å². The van der Waals surface area contributed by atoms with E-state index in [-0.39, 0.29) is 33.9 Å². The molecule has 0 aliphatic carbocycles. The van der Waals surface area contributed by atoms with Crippen LogP contribution in [-0.2, 0) is 11.2 Å². The van der Waals surface area contributed by atoms with E-state index in [1.165, 1.54) is 23.1 Å². The number of nitrogens with one attached hydrogen (secondary N) is 1. The third-order valence-corrected chi connectivity index (χ3v) is 5.43. The quantitative estimate of drug-likeness (QED) is 0.556. The Morgan fingerprint density at radius 1 is 1.20 bits per heavy atom. The number of amides is 2. The van der Waals surface area contributed by atoms with Gasteiger partial charge >= 0.3 is 0 Å².